The summed E-state index contributed by atoms with van der Waals surface area (Å²) in [5.41, 5.74) is 1.22. The zero-order valence-electron chi connectivity index (χ0n) is 15.9. The van der Waals surface area contributed by atoms with E-state index >= 15 is 0 Å². The summed E-state index contributed by atoms with van der Waals surface area (Å²) in [6.45, 7) is 8.23. The second kappa shape index (κ2) is 9.60. The molecular weight excluding hydrogens is 324 g/mol. The van der Waals surface area contributed by atoms with Crippen LogP contribution in [0.5, 0.6) is 11.5 Å². The number of para-hydroxylation sites is 2. The maximum absolute atomic E-state index is 6.43. The fraction of sp³-hybridized carbons (Fsp3) is 0.455. The summed E-state index contributed by atoms with van der Waals surface area (Å²) in [5, 5.41) is 0. The van der Waals surface area contributed by atoms with Gasteiger partial charge in [0.2, 0.25) is 0 Å². The van der Waals surface area contributed by atoms with E-state index in [-0.39, 0.29) is 6.10 Å². The van der Waals surface area contributed by atoms with Crippen LogP contribution in [0.15, 0.2) is 54.6 Å². The van der Waals surface area contributed by atoms with Gasteiger partial charge in [-0.25, -0.2) is 0 Å². The van der Waals surface area contributed by atoms with Gasteiger partial charge in [0.1, 0.15) is 6.10 Å². The smallest absolute Gasteiger partial charge is 0.162 e. The second-order valence-electron chi connectivity index (χ2n) is 6.83. The molecular formula is C22H30N2O2. The highest BCUT2D eigenvalue weighted by molar-refractivity contribution is 5.40. The van der Waals surface area contributed by atoms with Crippen LogP contribution in [0.3, 0.4) is 0 Å². The molecule has 0 unspecified atom stereocenters. The quantitative estimate of drug-likeness (QED) is 0.719. The molecule has 1 aliphatic heterocycles. The highest BCUT2D eigenvalue weighted by Gasteiger charge is 2.19. The first-order chi connectivity index (χ1) is 12.8. The van der Waals surface area contributed by atoms with E-state index in [0.29, 0.717) is 6.61 Å². The lowest BCUT2D eigenvalue weighted by Gasteiger charge is -2.33. The molecule has 1 heterocycles. The van der Waals surface area contributed by atoms with Crippen LogP contribution in [0.25, 0.3) is 0 Å². The highest BCUT2D eigenvalue weighted by atomic mass is 16.5. The Kier molecular flexibility index (Phi) is 6.92. The molecule has 1 saturated heterocycles. The third-order valence-electron chi connectivity index (χ3n) is 4.89. The first-order valence-corrected chi connectivity index (χ1v) is 9.60. The molecule has 1 atom stereocenters. The zero-order valence-corrected chi connectivity index (χ0v) is 15.9. The molecule has 0 radical (unpaired) electrons. The molecule has 1 fully saturated rings. The molecule has 3 rings (SSSR count). The van der Waals surface area contributed by atoms with Crippen LogP contribution in [-0.2, 0) is 0 Å². The van der Waals surface area contributed by atoms with Crippen molar-refractivity contribution in [3.8, 4) is 11.5 Å². The number of hydrogen-bond acceptors (Lipinski definition) is 4. The molecule has 0 bridgehead atoms. The molecule has 4 nitrogen and oxygen atoms in total. The van der Waals surface area contributed by atoms with E-state index in [2.05, 4.69) is 47.2 Å². The summed E-state index contributed by atoms with van der Waals surface area (Å²) in [5.74, 6) is 1.64. The number of ether oxygens (including phenoxy) is 2. The number of piperazine rings is 1. The summed E-state index contributed by atoms with van der Waals surface area (Å²) >= 11 is 0. The van der Waals surface area contributed by atoms with Crippen molar-refractivity contribution >= 4 is 0 Å². The number of rotatable bonds is 8. The average molecular weight is 354 g/mol. The van der Waals surface area contributed by atoms with E-state index in [9.17, 15) is 0 Å². The van der Waals surface area contributed by atoms with Gasteiger partial charge in [-0.2, -0.15) is 0 Å². The largest absolute Gasteiger partial charge is 0.490 e. The number of likely N-dealkylation sites (N-methyl/N-ethyl adjacent to an activating group) is 1. The maximum Gasteiger partial charge on any atom is 0.162 e. The van der Waals surface area contributed by atoms with Crippen LogP contribution in [0.4, 0.5) is 0 Å². The number of hydrogen-bond donors (Lipinski definition) is 0. The summed E-state index contributed by atoms with van der Waals surface area (Å²) in [6, 6.07) is 18.5. The molecule has 140 valence electrons. The van der Waals surface area contributed by atoms with Gasteiger partial charge in [0.15, 0.2) is 11.5 Å². The molecule has 0 N–H and O–H groups in total. The van der Waals surface area contributed by atoms with Gasteiger partial charge in [-0.15, -0.1) is 0 Å². The van der Waals surface area contributed by atoms with Gasteiger partial charge in [-0.1, -0.05) is 42.5 Å². The van der Waals surface area contributed by atoms with E-state index in [1.165, 1.54) is 5.56 Å². The molecule has 0 saturated carbocycles. The molecule has 1 aliphatic rings. The zero-order chi connectivity index (χ0) is 18.2. The number of nitrogens with zero attached hydrogens (tertiary/aromatic N) is 2. The molecule has 2 aromatic carbocycles. The van der Waals surface area contributed by atoms with E-state index in [0.717, 1.165) is 50.6 Å². The molecule has 26 heavy (non-hydrogen) atoms. The Bertz CT molecular complexity index is 654. The molecule has 2 aromatic rings. The summed E-state index contributed by atoms with van der Waals surface area (Å²) in [6.07, 6.45) is 0.992. The fourth-order valence-corrected chi connectivity index (χ4v) is 3.31. The first kappa shape index (κ1) is 18.7. The average Bonchev–Trinajstić information content (AvgIpc) is 2.68. The van der Waals surface area contributed by atoms with Gasteiger partial charge < -0.3 is 19.3 Å². The van der Waals surface area contributed by atoms with Crippen molar-refractivity contribution in [1.29, 1.82) is 0 Å². The van der Waals surface area contributed by atoms with Gasteiger partial charge in [-0.05, 0) is 31.7 Å². The minimum Gasteiger partial charge on any atom is -0.490 e. The summed E-state index contributed by atoms with van der Waals surface area (Å²) in [7, 11) is 2.19. The van der Waals surface area contributed by atoms with Crippen LogP contribution >= 0.6 is 0 Å². The molecule has 0 aromatic heterocycles. The molecule has 4 heteroatoms. The van der Waals surface area contributed by atoms with Crippen molar-refractivity contribution in [3.05, 3.63) is 60.2 Å². The summed E-state index contributed by atoms with van der Waals surface area (Å²) in [4.78, 5) is 4.92. The molecule has 0 amide bonds. The summed E-state index contributed by atoms with van der Waals surface area (Å²) < 4.78 is 12.2. The van der Waals surface area contributed by atoms with Crippen LogP contribution in [-0.4, -0.2) is 56.2 Å². The molecule has 0 aliphatic carbocycles. The van der Waals surface area contributed by atoms with E-state index in [4.69, 9.17) is 9.47 Å². The Balaban J connectivity index is 1.70. The predicted octanol–water partition coefficient (Wildman–Crippen LogP) is 3.84. The van der Waals surface area contributed by atoms with Gasteiger partial charge in [0.25, 0.3) is 0 Å². The normalized spacial score (nSPS) is 17.0. The fourth-order valence-electron chi connectivity index (χ4n) is 3.31. The lowest BCUT2D eigenvalue weighted by atomic mass is 10.1. The van der Waals surface area contributed by atoms with E-state index in [1.54, 1.807) is 0 Å². The minimum atomic E-state index is 0.0254. The lowest BCUT2D eigenvalue weighted by molar-refractivity contribution is 0.121. The Hall–Kier alpha value is -2.04. The van der Waals surface area contributed by atoms with Crippen LogP contribution in [0.2, 0.25) is 0 Å². The Morgan fingerprint density at radius 3 is 2.23 bits per heavy atom. The van der Waals surface area contributed by atoms with Crippen molar-refractivity contribution in [1.82, 2.24) is 9.80 Å². The standard InChI is InChI=1S/C22H30N2O2/c1-3-25-21-11-7-8-12-22(21)26-20(19-9-5-4-6-10-19)13-14-24-17-15-23(2)16-18-24/h4-12,20H,3,13-18H2,1-2H3/t20-/m0/s1. The van der Waals surface area contributed by atoms with Crippen LogP contribution < -0.4 is 9.47 Å². The lowest BCUT2D eigenvalue weighted by Crippen LogP contribution is -2.45. The van der Waals surface area contributed by atoms with Crippen molar-refractivity contribution in [2.24, 2.45) is 0 Å². The van der Waals surface area contributed by atoms with Crippen molar-refractivity contribution < 1.29 is 9.47 Å². The van der Waals surface area contributed by atoms with Crippen LogP contribution in [0, 0.1) is 0 Å². The third-order valence-corrected chi connectivity index (χ3v) is 4.89. The van der Waals surface area contributed by atoms with Gasteiger partial charge >= 0.3 is 0 Å². The van der Waals surface area contributed by atoms with E-state index in [1.807, 2.05) is 31.2 Å². The number of benzene rings is 2. The maximum atomic E-state index is 6.43. The van der Waals surface area contributed by atoms with E-state index < -0.39 is 0 Å². The van der Waals surface area contributed by atoms with Gasteiger partial charge in [0.05, 0.1) is 6.61 Å². The topological polar surface area (TPSA) is 24.9 Å². The van der Waals surface area contributed by atoms with Crippen molar-refractivity contribution in [2.75, 3.05) is 46.4 Å². The molecule has 0 spiro atoms. The Morgan fingerprint density at radius 1 is 0.885 bits per heavy atom. The van der Waals surface area contributed by atoms with Gasteiger partial charge in [0, 0.05) is 39.1 Å². The predicted molar refractivity (Wildman–Crippen MR) is 106 cm³/mol. The van der Waals surface area contributed by atoms with Crippen LogP contribution in [0.1, 0.15) is 25.0 Å². The Morgan fingerprint density at radius 2 is 1.54 bits per heavy atom. The van der Waals surface area contributed by atoms with Crippen molar-refractivity contribution in [3.63, 3.8) is 0 Å². The minimum absolute atomic E-state index is 0.0254. The Labute approximate surface area is 157 Å². The van der Waals surface area contributed by atoms with Crippen molar-refractivity contribution in [2.45, 2.75) is 19.4 Å². The van der Waals surface area contributed by atoms with Gasteiger partial charge in [-0.3, -0.25) is 0 Å². The SMILES string of the molecule is CCOc1ccccc1O[C@@H](CCN1CCN(C)CC1)c1ccccc1. The monoisotopic (exact) mass is 354 g/mol. The first-order valence-electron chi connectivity index (χ1n) is 9.60. The second-order valence-corrected chi connectivity index (χ2v) is 6.83. The third kappa shape index (κ3) is 5.23. The highest BCUT2D eigenvalue weighted by Crippen LogP contribution is 2.32.